The summed E-state index contributed by atoms with van der Waals surface area (Å²) >= 11 is 1.41. The van der Waals surface area contributed by atoms with Crippen molar-refractivity contribution in [3.05, 3.63) is 58.3 Å². The average Bonchev–Trinajstić information content (AvgIpc) is 3.39. The molecule has 0 bridgehead atoms. The molecule has 5 N–H and O–H groups in total. The highest BCUT2D eigenvalue weighted by molar-refractivity contribution is 7.21. The van der Waals surface area contributed by atoms with Crippen molar-refractivity contribution in [3.63, 3.8) is 0 Å². The summed E-state index contributed by atoms with van der Waals surface area (Å²) < 4.78 is 42.6. The lowest BCUT2D eigenvalue weighted by Gasteiger charge is -2.21. The SMILES string of the molecule is Cc1cc2sc(-c3c(C)nc(NCc4c(F)cc(F)cc4F)nc3NC3CC(CO)C(O)C3O)nc2c(C)n1. The quantitative estimate of drug-likeness (QED) is 0.230. The molecule has 1 aliphatic rings. The summed E-state index contributed by atoms with van der Waals surface area (Å²) in [6, 6.07) is 2.47. The van der Waals surface area contributed by atoms with Crippen LogP contribution in [-0.4, -0.2) is 60.1 Å². The first-order valence-electron chi connectivity index (χ1n) is 12.3. The fourth-order valence-electron chi connectivity index (χ4n) is 4.88. The number of hydrogen-bond donors (Lipinski definition) is 5. The summed E-state index contributed by atoms with van der Waals surface area (Å²) in [5.41, 5.74) is 3.00. The molecule has 3 aromatic heterocycles. The summed E-state index contributed by atoms with van der Waals surface area (Å²) in [7, 11) is 0. The monoisotopic (exact) mass is 560 g/mol. The van der Waals surface area contributed by atoms with Gasteiger partial charge >= 0.3 is 0 Å². The highest BCUT2D eigenvalue weighted by Gasteiger charge is 2.41. The Bertz CT molecular complexity index is 1530. The number of aliphatic hydroxyl groups excluding tert-OH is 3. The van der Waals surface area contributed by atoms with E-state index in [1.165, 1.54) is 11.3 Å². The van der Waals surface area contributed by atoms with Gasteiger partial charge in [0.15, 0.2) is 0 Å². The van der Waals surface area contributed by atoms with Crippen molar-refractivity contribution in [2.45, 2.75) is 52.0 Å². The third-order valence-electron chi connectivity index (χ3n) is 6.87. The van der Waals surface area contributed by atoms with Crippen LogP contribution in [0.25, 0.3) is 20.8 Å². The number of anilines is 2. The largest absolute Gasteiger partial charge is 0.396 e. The molecule has 206 valence electrons. The van der Waals surface area contributed by atoms with Gasteiger partial charge < -0.3 is 26.0 Å². The number of aryl methyl sites for hydroxylation is 3. The Morgan fingerprint density at radius 3 is 2.33 bits per heavy atom. The standard InChI is InChI=1S/C26H27F3N6O3S/c1-10-4-19-21(12(3)31-10)34-25(39-19)20-11(2)32-26(30-8-15-16(28)6-14(27)7-17(15)29)35-24(20)33-18-5-13(9-36)22(37)23(18)38/h4,6-7,13,18,22-23,36-38H,5,8-9H2,1-3H3,(H2,30,32,33,35). The van der Waals surface area contributed by atoms with Crippen LogP contribution in [0, 0.1) is 44.1 Å². The molecule has 1 aromatic carbocycles. The second-order valence-electron chi connectivity index (χ2n) is 9.68. The zero-order valence-corrected chi connectivity index (χ0v) is 22.2. The molecule has 3 heterocycles. The van der Waals surface area contributed by atoms with E-state index in [-0.39, 0.29) is 36.9 Å². The van der Waals surface area contributed by atoms with Crippen molar-refractivity contribution in [1.29, 1.82) is 0 Å². The highest BCUT2D eigenvalue weighted by Crippen LogP contribution is 2.38. The van der Waals surface area contributed by atoms with Gasteiger partial charge in [-0.15, -0.1) is 11.3 Å². The molecule has 0 spiro atoms. The predicted molar refractivity (Wildman–Crippen MR) is 141 cm³/mol. The Labute approximate surface area is 225 Å². The van der Waals surface area contributed by atoms with Gasteiger partial charge in [-0.2, -0.15) is 4.98 Å². The van der Waals surface area contributed by atoms with E-state index in [4.69, 9.17) is 4.98 Å². The van der Waals surface area contributed by atoms with Crippen LogP contribution in [0.1, 0.15) is 29.1 Å². The number of pyridine rings is 1. The van der Waals surface area contributed by atoms with Crippen LogP contribution in [0.3, 0.4) is 0 Å². The number of nitrogens with one attached hydrogen (secondary N) is 2. The van der Waals surface area contributed by atoms with E-state index >= 15 is 0 Å². The minimum absolute atomic E-state index is 0.0309. The van der Waals surface area contributed by atoms with Gasteiger partial charge in [-0.25, -0.2) is 23.1 Å². The summed E-state index contributed by atoms with van der Waals surface area (Å²) in [5.74, 6) is -3.32. The van der Waals surface area contributed by atoms with E-state index in [0.717, 1.165) is 21.6 Å². The van der Waals surface area contributed by atoms with E-state index in [2.05, 4.69) is 25.6 Å². The van der Waals surface area contributed by atoms with Crippen LogP contribution in [-0.2, 0) is 6.54 Å². The van der Waals surface area contributed by atoms with Crippen LogP contribution in [0.15, 0.2) is 18.2 Å². The lowest BCUT2D eigenvalue weighted by molar-refractivity contribution is 0.00446. The van der Waals surface area contributed by atoms with E-state index in [1.807, 2.05) is 19.9 Å². The van der Waals surface area contributed by atoms with Gasteiger partial charge in [0, 0.05) is 42.5 Å². The molecule has 13 heteroatoms. The van der Waals surface area contributed by atoms with Gasteiger partial charge in [0.1, 0.15) is 39.9 Å². The molecule has 4 unspecified atom stereocenters. The first-order chi connectivity index (χ1) is 18.5. The number of fused-ring (bicyclic) bond motifs is 1. The third kappa shape index (κ3) is 5.26. The second-order valence-corrected chi connectivity index (χ2v) is 10.7. The van der Waals surface area contributed by atoms with Crippen LogP contribution in [0.5, 0.6) is 0 Å². The van der Waals surface area contributed by atoms with Crippen LogP contribution in [0.4, 0.5) is 24.9 Å². The Hall–Kier alpha value is -3.39. The number of nitrogens with zero attached hydrogens (tertiary/aromatic N) is 4. The van der Waals surface area contributed by atoms with E-state index in [9.17, 15) is 28.5 Å². The van der Waals surface area contributed by atoms with E-state index in [0.29, 0.717) is 28.4 Å². The summed E-state index contributed by atoms with van der Waals surface area (Å²) in [4.78, 5) is 18.2. The minimum Gasteiger partial charge on any atom is -0.396 e. The zero-order chi connectivity index (χ0) is 28.0. The van der Waals surface area contributed by atoms with Crippen molar-refractivity contribution >= 4 is 33.3 Å². The van der Waals surface area contributed by atoms with Crippen LogP contribution in [0.2, 0.25) is 0 Å². The molecule has 4 atom stereocenters. The van der Waals surface area contributed by atoms with Crippen LogP contribution < -0.4 is 10.6 Å². The zero-order valence-electron chi connectivity index (χ0n) is 21.3. The van der Waals surface area contributed by atoms with Gasteiger partial charge in [-0.05, 0) is 33.3 Å². The second kappa shape index (κ2) is 10.6. The third-order valence-corrected chi connectivity index (χ3v) is 7.89. The van der Waals surface area contributed by atoms with Gasteiger partial charge in [-0.3, -0.25) is 4.98 Å². The molecular formula is C26H27F3N6O3S. The molecule has 1 fully saturated rings. The normalized spacial score (nSPS) is 21.1. The Morgan fingerprint density at radius 1 is 0.949 bits per heavy atom. The molecule has 0 radical (unpaired) electrons. The molecule has 0 saturated heterocycles. The molecule has 9 nitrogen and oxygen atoms in total. The first kappa shape index (κ1) is 27.2. The number of aromatic nitrogens is 4. The number of benzene rings is 1. The maximum atomic E-state index is 14.2. The predicted octanol–water partition coefficient (Wildman–Crippen LogP) is 3.62. The van der Waals surface area contributed by atoms with Crippen molar-refractivity contribution in [3.8, 4) is 10.6 Å². The molecule has 5 rings (SSSR count). The Balaban J connectivity index is 1.55. The number of halogens is 3. The highest BCUT2D eigenvalue weighted by atomic mass is 32.1. The summed E-state index contributed by atoms with van der Waals surface area (Å²) in [6.45, 7) is 4.85. The number of thiazole rings is 1. The maximum Gasteiger partial charge on any atom is 0.225 e. The molecule has 1 aliphatic carbocycles. The average molecular weight is 561 g/mol. The van der Waals surface area contributed by atoms with Crippen molar-refractivity contribution in [1.82, 2.24) is 19.9 Å². The smallest absolute Gasteiger partial charge is 0.225 e. The van der Waals surface area contributed by atoms with E-state index in [1.54, 1.807) is 6.92 Å². The van der Waals surface area contributed by atoms with Crippen molar-refractivity contribution in [2.24, 2.45) is 5.92 Å². The molecule has 0 amide bonds. The van der Waals surface area contributed by atoms with Gasteiger partial charge in [0.2, 0.25) is 5.95 Å². The van der Waals surface area contributed by atoms with Crippen molar-refractivity contribution in [2.75, 3.05) is 17.2 Å². The Kier molecular flexibility index (Phi) is 7.42. The maximum absolute atomic E-state index is 14.2. The van der Waals surface area contributed by atoms with Crippen LogP contribution >= 0.6 is 11.3 Å². The van der Waals surface area contributed by atoms with Crippen molar-refractivity contribution < 1.29 is 28.5 Å². The molecule has 1 saturated carbocycles. The molecule has 39 heavy (non-hydrogen) atoms. The van der Waals surface area contributed by atoms with E-state index < -0.39 is 41.6 Å². The number of rotatable bonds is 7. The topological polar surface area (TPSA) is 136 Å². The first-order valence-corrected chi connectivity index (χ1v) is 13.1. The van der Waals surface area contributed by atoms with Gasteiger partial charge in [0.25, 0.3) is 0 Å². The number of hydrogen-bond acceptors (Lipinski definition) is 10. The van der Waals surface area contributed by atoms with Gasteiger partial charge in [-0.1, -0.05) is 0 Å². The molecule has 0 aliphatic heterocycles. The Morgan fingerprint density at radius 2 is 1.67 bits per heavy atom. The molecular weight excluding hydrogens is 533 g/mol. The fraction of sp³-hybridized carbons (Fsp3) is 0.385. The minimum atomic E-state index is -1.17. The van der Waals surface area contributed by atoms with Gasteiger partial charge in [0.05, 0.1) is 33.8 Å². The summed E-state index contributed by atoms with van der Waals surface area (Å²) in [5, 5.41) is 37.1. The lowest BCUT2D eigenvalue weighted by atomic mass is 10.1. The fourth-order valence-corrected chi connectivity index (χ4v) is 6.09. The summed E-state index contributed by atoms with van der Waals surface area (Å²) in [6.07, 6.45) is -2.02. The molecule has 4 aromatic rings. The lowest BCUT2D eigenvalue weighted by Crippen LogP contribution is -2.35. The number of aliphatic hydroxyl groups is 3.